The number of hydrogen-bond donors (Lipinski definition) is 0. The van der Waals surface area contributed by atoms with Crippen molar-refractivity contribution in [2.24, 2.45) is 5.92 Å². The molecule has 0 aromatic carbocycles. The molecule has 42 valence electrons. The van der Waals surface area contributed by atoms with Crippen molar-refractivity contribution in [2.75, 3.05) is 5.33 Å². The molecule has 0 saturated heterocycles. The quantitative estimate of drug-likeness (QED) is 0.473. The van der Waals surface area contributed by atoms with Gasteiger partial charge >= 0.3 is 0 Å². The Morgan fingerprint density at radius 1 is 2.00 bits per heavy atom. The molecule has 7 heavy (non-hydrogen) atoms. The Bertz CT molecular complexity index is 74.1. The number of alkyl halides is 1. The zero-order valence-corrected chi connectivity index (χ0v) is 6.29. The molecule has 0 fully saturated rings. The molecule has 1 atom stereocenters. The molecule has 0 amide bonds. The molecule has 0 aliphatic rings. The summed E-state index contributed by atoms with van der Waals surface area (Å²) in [6.45, 7) is 1.77. The lowest BCUT2D eigenvalue weighted by atomic mass is 10.3. The summed E-state index contributed by atoms with van der Waals surface area (Å²) in [5, 5.41) is 0.367. The summed E-state index contributed by atoms with van der Waals surface area (Å²) in [4.78, 5) is 10.1. The third-order valence-electron chi connectivity index (χ3n) is 0.619. The Balaban J connectivity index is 3.34. The van der Waals surface area contributed by atoms with E-state index in [1.807, 2.05) is 0 Å². The number of carbonyl (C=O) groups is 1. The topological polar surface area (TPSA) is 17.1 Å². The molecule has 0 rings (SSSR count). The first-order valence-electron chi connectivity index (χ1n) is 1.93. The molecule has 1 unspecified atom stereocenters. The van der Waals surface area contributed by atoms with Crippen LogP contribution >= 0.6 is 27.5 Å². The van der Waals surface area contributed by atoms with Crippen molar-refractivity contribution in [2.45, 2.75) is 6.92 Å². The van der Waals surface area contributed by atoms with Crippen LogP contribution in [0.4, 0.5) is 0 Å². The van der Waals surface area contributed by atoms with E-state index in [-0.39, 0.29) is 11.2 Å². The average Bonchev–Trinajstić information content (AvgIpc) is 1.65. The Morgan fingerprint density at radius 3 is 2.43 bits per heavy atom. The fourth-order valence-electron chi connectivity index (χ4n) is 0.0607. The second-order valence-corrected chi connectivity index (χ2v) is 2.38. The van der Waals surface area contributed by atoms with E-state index in [2.05, 4.69) is 15.9 Å². The van der Waals surface area contributed by atoms with Crippen molar-refractivity contribution in [3.8, 4) is 0 Å². The van der Waals surface area contributed by atoms with E-state index in [1.54, 1.807) is 6.92 Å². The first kappa shape index (κ1) is 7.44. The summed E-state index contributed by atoms with van der Waals surface area (Å²) in [6, 6.07) is 0. The zero-order valence-electron chi connectivity index (χ0n) is 3.95. The number of hydrogen-bond acceptors (Lipinski definition) is 1. The predicted octanol–water partition coefficient (Wildman–Crippen LogP) is 1.78. The lowest BCUT2D eigenvalue weighted by Crippen LogP contribution is -2.03. The molecule has 0 saturated carbocycles. The molecule has 0 aromatic rings. The molecule has 0 aliphatic carbocycles. The maximum atomic E-state index is 10.1. The van der Waals surface area contributed by atoms with Crippen LogP contribution in [-0.2, 0) is 4.79 Å². The van der Waals surface area contributed by atoms with Crippen LogP contribution < -0.4 is 0 Å². The lowest BCUT2D eigenvalue weighted by Gasteiger charge is -1.94. The van der Waals surface area contributed by atoms with Gasteiger partial charge in [-0.05, 0) is 11.6 Å². The molecule has 0 heterocycles. The molecule has 0 N–H and O–H groups in total. The summed E-state index contributed by atoms with van der Waals surface area (Å²) in [5.41, 5.74) is 0. The summed E-state index contributed by atoms with van der Waals surface area (Å²) in [5.74, 6) is -0.0540. The molecule has 0 aliphatic heterocycles. The van der Waals surface area contributed by atoms with Crippen molar-refractivity contribution < 1.29 is 4.79 Å². The van der Waals surface area contributed by atoms with E-state index >= 15 is 0 Å². The monoisotopic (exact) mass is 184 g/mol. The third-order valence-corrected chi connectivity index (χ3v) is 1.96. The van der Waals surface area contributed by atoms with Crippen molar-refractivity contribution in [1.29, 1.82) is 0 Å². The second kappa shape index (κ2) is 3.44. The summed E-state index contributed by atoms with van der Waals surface area (Å²) >= 11 is 8.17. The SMILES string of the molecule is CC(CBr)C(=O)Cl. The van der Waals surface area contributed by atoms with Crippen LogP contribution in [0.1, 0.15) is 6.92 Å². The molecule has 0 bridgehead atoms. The summed E-state index contributed by atoms with van der Waals surface area (Å²) < 4.78 is 0. The highest BCUT2D eigenvalue weighted by Crippen LogP contribution is 2.02. The zero-order chi connectivity index (χ0) is 5.86. The van der Waals surface area contributed by atoms with Crippen LogP contribution in [0.15, 0.2) is 0 Å². The largest absolute Gasteiger partial charge is 0.281 e. The van der Waals surface area contributed by atoms with Crippen molar-refractivity contribution in [1.82, 2.24) is 0 Å². The molecule has 0 radical (unpaired) electrons. The highest BCUT2D eigenvalue weighted by Gasteiger charge is 2.05. The smallest absolute Gasteiger partial charge is 0.225 e. The number of rotatable bonds is 2. The Morgan fingerprint density at radius 2 is 2.43 bits per heavy atom. The van der Waals surface area contributed by atoms with Gasteiger partial charge in [-0.25, -0.2) is 0 Å². The van der Waals surface area contributed by atoms with Crippen molar-refractivity contribution >= 4 is 32.8 Å². The van der Waals surface area contributed by atoms with Crippen LogP contribution in [0, 0.1) is 5.92 Å². The van der Waals surface area contributed by atoms with Gasteiger partial charge in [-0.15, -0.1) is 0 Å². The molecular formula is C4H6BrClO. The van der Waals surface area contributed by atoms with E-state index in [1.165, 1.54) is 0 Å². The van der Waals surface area contributed by atoms with E-state index in [0.29, 0.717) is 5.33 Å². The highest BCUT2D eigenvalue weighted by atomic mass is 79.9. The second-order valence-electron chi connectivity index (χ2n) is 1.36. The van der Waals surface area contributed by atoms with Crippen LogP contribution in [0.3, 0.4) is 0 Å². The van der Waals surface area contributed by atoms with Crippen LogP contribution in [-0.4, -0.2) is 10.6 Å². The fourth-order valence-corrected chi connectivity index (χ4v) is 0.618. The van der Waals surface area contributed by atoms with Gasteiger partial charge in [0, 0.05) is 11.2 Å². The maximum absolute atomic E-state index is 10.1. The minimum absolute atomic E-state index is 0.0540. The third kappa shape index (κ3) is 3.06. The van der Waals surface area contributed by atoms with E-state index in [9.17, 15) is 4.79 Å². The van der Waals surface area contributed by atoms with Crippen LogP contribution in [0.2, 0.25) is 0 Å². The van der Waals surface area contributed by atoms with Gasteiger partial charge in [0.2, 0.25) is 5.24 Å². The average molecular weight is 185 g/mol. The lowest BCUT2D eigenvalue weighted by molar-refractivity contribution is -0.114. The molecule has 0 spiro atoms. The van der Waals surface area contributed by atoms with E-state index in [4.69, 9.17) is 11.6 Å². The van der Waals surface area contributed by atoms with Gasteiger partial charge in [-0.1, -0.05) is 22.9 Å². The van der Waals surface area contributed by atoms with Gasteiger partial charge in [0.05, 0.1) is 0 Å². The van der Waals surface area contributed by atoms with Gasteiger partial charge in [0.1, 0.15) is 0 Å². The minimum atomic E-state index is -0.281. The Labute approximate surface area is 56.2 Å². The minimum Gasteiger partial charge on any atom is -0.281 e. The first-order valence-corrected chi connectivity index (χ1v) is 3.43. The molecule has 0 aromatic heterocycles. The summed E-state index contributed by atoms with van der Waals surface area (Å²) in [6.07, 6.45) is 0. The van der Waals surface area contributed by atoms with E-state index < -0.39 is 0 Å². The number of carbonyl (C=O) groups excluding carboxylic acids is 1. The molecule has 1 nitrogen and oxygen atoms in total. The van der Waals surface area contributed by atoms with E-state index in [0.717, 1.165) is 0 Å². The van der Waals surface area contributed by atoms with Crippen molar-refractivity contribution in [3.05, 3.63) is 0 Å². The normalized spacial score (nSPS) is 13.6. The highest BCUT2D eigenvalue weighted by molar-refractivity contribution is 9.09. The van der Waals surface area contributed by atoms with Gasteiger partial charge in [0.25, 0.3) is 0 Å². The standard InChI is InChI=1S/C4H6BrClO/c1-3(2-5)4(6)7/h3H,2H2,1H3. The van der Waals surface area contributed by atoms with Gasteiger partial charge < -0.3 is 0 Å². The summed E-state index contributed by atoms with van der Waals surface area (Å²) in [7, 11) is 0. The Kier molecular flexibility index (Phi) is 3.66. The number of halogens is 2. The molecular weight excluding hydrogens is 179 g/mol. The van der Waals surface area contributed by atoms with Crippen molar-refractivity contribution in [3.63, 3.8) is 0 Å². The maximum Gasteiger partial charge on any atom is 0.225 e. The van der Waals surface area contributed by atoms with Crippen LogP contribution in [0.25, 0.3) is 0 Å². The van der Waals surface area contributed by atoms with Crippen LogP contribution in [0.5, 0.6) is 0 Å². The first-order chi connectivity index (χ1) is 3.18. The fraction of sp³-hybridized carbons (Fsp3) is 0.750. The predicted molar refractivity (Wildman–Crippen MR) is 33.8 cm³/mol. The van der Waals surface area contributed by atoms with Gasteiger partial charge in [-0.2, -0.15) is 0 Å². The molecule has 3 heteroatoms. The van der Waals surface area contributed by atoms with Gasteiger partial charge in [-0.3, -0.25) is 4.79 Å². The van der Waals surface area contributed by atoms with Gasteiger partial charge in [0.15, 0.2) is 0 Å². The Hall–Kier alpha value is 0.440.